The van der Waals surface area contributed by atoms with Gasteiger partial charge < -0.3 is 9.73 Å². The van der Waals surface area contributed by atoms with Crippen molar-refractivity contribution >= 4 is 33.6 Å². The maximum atomic E-state index is 11.6. The van der Waals surface area contributed by atoms with Crippen molar-refractivity contribution < 1.29 is 9.21 Å². The standard InChI is InChI=1S/C14H12BrNO2/c1-10-2-7-13(18-10)8-9-14(17)16-12-5-3-11(15)4-6-12/h2-9H,1H3,(H,16,17). The second kappa shape index (κ2) is 5.69. The van der Waals surface area contributed by atoms with Crippen LogP contribution in [0.25, 0.3) is 6.08 Å². The number of rotatable bonds is 3. The van der Waals surface area contributed by atoms with Crippen LogP contribution in [-0.4, -0.2) is 5.91 Å². The molecular formula is C14H12BrNO2. The Labute approximate surface area is 114 Å². The van der Waals surface area contributed by atoms with Crippen LogP contribution in [0.1, 0.15) is 11.5 Å². The minimum atomic E-state index is -0.189. The summed E-state index contributed by atoms with van der Waals surface area (Å²) in [5.74, 6) is 1.30. The maximum Gasteiger partial charge on any atom is 0.248 e. The van der Waals surface area contributed by atoms with Gasteiger partial charge in [-0.05, 0) is 49.4 Å². The molecule has 18 heavy (non-hydrogen) atoms. The number of hydrogen-bond donors (Lipinski definition) is 1. The Balaban J connectivity index is 1.96. The second-order valence-electron chi connectivity index (χ2n) is 3.78. The molecule has 1 aromatic heterocycles. The zero-order valence-electron chi connectivity index (χ0n) is 9.81. The van der Waals surface area contributed by atoms with E-state index >= 15 is 0 Å². The molecule has 0 spiro atoms. The van der Waals surface area contributed by atoms with Gasteiger partial charge in [0.1, 0.15) is 11.5 Å². The number of carbonyl (C=O) groups excluding carboxylic acids is 1. The number of aryl methyl sites for hydroxylation is 1. The Bertz CT molecular complexity index is 570. The molecule has 0 radical (unpaired) electrons. The number of halogens is 1. The van der Waals surface area contributed by atoms with E-state index in [0.29, 0.717) is 5.76 Å². The molecule has 0 unspecified atom stereocenters. The summed E-state index contributed by atoms with van der Waals surface area (Å²) in [5.41, 5.74) is 0.753. The van der Waals surface area contributed by atoms with Crippen molar-refractivity contribution in [2.45, 2.75) is 6.92 Å². The van der Waals surface area contributed by atoms with Crippen molar-refractivity contribution in [2.75, 3.05) is 5.32 Å². The molecule has 0 saturated carbocycles. The van der Waals surface area contributed by atoms with Crippen molar-refractivity contribution in [2.24, 2.45) is 0 Å². The van der Waals surface area contributed by atoms with Gasteiger partial charge in [-0.3, -0.25) is 4.79 Å². The molecule has 1 aromatic carbocycles. The number of nitrogens with one attached hydrogen (secondary N) is 1. The smallest absolute Gasteiger partial charge is 0.248 e. The first-order valence-corrected chi connectivity index (χ1v) is 6.24. The van der Waals surface area contributed by atoms with Gasteiger partial charge in [0, 0.05) is 16.2 Å². The van der Waals surface area contributed by atoms with Crippen molar-refractivity contribution in [3.63, 3.8) is 0 Å². The van der Waals surface area contributed by atoms with Crippen LogP contribution in [0.5, 0.6) is 0 Å². The lowest BCUT2D eigenvalue weighted by atomic mass is 10.3. The third kappa shape index (κ3) is 3.60. The van der Waals surface area contributed by atoms with Crippen LogP contribution in [0.15, 0.2) is 51.4 Å². The van der Waals surface area contributed by atoms with Gasteiger partial charge in [-0.1, -0.05) is 15.9 Å². The summed E-state index contributed by atoms with van der Waals surface area (Å²) in [6.07, 6.45) is 3.08. The first kappa shape index (κ1) is 12.6. The van der Waals surface area contributed by atoms with Crippen molar-refractivity contribution in [1.82, 2.24) is 0 Å². The minimum absolute atomic E-state index is 0.189. The second-order valence-corrected chi connectivity index (χ2v) is 4.69. The van der Waals surface area contributed by atoms with Gasteiger partial charge in [0.05, 0.1) is 0 Å². The van der Waals surface area contributed by atoms with Gasteiger partial charge >= 0.3 is 0 Å². The lowest BCUT2D eigenvalue weighted by Crippen LogP contribution is -2.07. The molecule has 2 rings (SSSR count). The molecule has 0 bridgehead atoms. The molecule has 0 saturated heterocycles. The Morgan fingerprint density at radius 2 is 1.94 bits per heavy atom. The van der Waals surface area contributed by atoms with Gasteiger partial charge in [0.15, 0.2) is 0 Å². The van der Waals surface area contributed by atoms with E-state index in [1.807, 2.05) is 43.3 Å². The van der Waals surface area contributed by atoms with Gasteiger partial charge in [-0.2, -0.15) is 0 Å². The van der Waals surface area contributed by atoms with Gasteiger partial charge in [-0.15, -0.1) is 0 Å². The zero-order chi connectivity index (χ0) is 13.0. The fraction of sp³-hybridized carbons (Fsp3) is 0.0714. The van der Waals surface area contributed by atoms with E-state index in [1.54, 1.807) is 6.08 Å². The largest absolute Gasteiger partial charge is 0.462 e. The number of amides is 1. The fourth-order valence-corrected chi connectivity index (χ4v) is 1.68. The molecule has 0 aliphatic heterocycles. The monoisotopic (exact) mass is 305 g/mol. The van der Waals surface area contributed by atoms with Gasteiger partial charge in [0.25, 0.3) is 0 Å². The minimum Gasteiger partial charge on any atom is -0.462 e. The summed E-state index contributed by atoms with van der Waals surface area (Å²) < 4.78 is 6.30. The highest BCUT2D eigenvalue weighted by atomic mass is 79.9. The van der Waals surface area contributed by atoms with Crippen LogP contribution < -0.4 is 5.32 Å². The molecule has 2 aromatic rings. The first-order valence-electron chi connectivity index (χ1n) is 5.44. The third-order valence-electron chi connectivity index (χ3n) is 2.27. The number of furan rings is 1. The molecular weight excluding hydrogens is 294 g/mol. The predicted molar refractivity (Wildman–Crippen MR) is 75.3 cm³/mol. The van der Waals surface area contributed by atoms with E-state index in [9.17, 15) is 4.79 Å². The van der Waals surface area contributed by atoms with Crippen LogP contribution in [-0.2, 0) is 4.79 Å². The van der Waals surface area contributed by atoms with E-state index in [2.05, 4.69) is 21.2 Å². The highest BCUT2D eigenvalue weighted by molar-refractivity contribution is 9.10. The Hall–Kier alpha value is -1.81. The van der Waals surface area contributed by atoms with Crippen molar-refractivity contribution in [3.05, 3.63) is 58.5 Å². The molecule has 92 valence electrons. The molecule has 1 amide bonds. The summed E-state index contributed by atoms with van der Waals surface area (Å²) in [4.78, 5) is 11.6. The number of hydrogen-bond acceptors (Lipinski definition) is 2. The van der Waals surface area contributed by atoms with Crippen LogP contribution in [0.2, 0.25) is 0 Å². The third-order valence-corrected chi connectivity index (χ3v) is 2.80. The molecule has 1 heterocycles. The maximum absolute atomic E-state index is 11.6. The Kier molecular flexibility index (Phi) is 3.99. The molecule has 4 heteroatoms. The molecule has 3 nitrogen and oxygen atoms in total. The summed E-state index contributed by atoms with van der Waals surface area (Å²) in [6, 6.07) is 11.1. The number of carbonyl (C=O) groups is 1. The van der Waals surface area contributed by atoms with Crippen LogP contribution in [0.3, 0.4) is 0 Å². The number of benzene rings is 1. The molecule has 1 N–H and O–H groups in total. The van der Waals surface area contributed by atoms with Crippen LogP contribution in [0.4, 0.5) is 5.69 Å². The highest BCUT2D eigenvalue weighted by Crippen LogP contribution is 2.14. The number of anilines is 1. The lowest BCUT2D eigenvalue weighted by molar-refractivity contribution is -0.111. The molecule has 0 aliphatic rings. The average Bonchev–Trinajstić information content (AvgIpc) is 2.76. The lowest BCUT2D eigenvalue weighted by Gasteiger charge is -2.01. The quantitative estimate of drug-likeness (QED) is 0.871. The van der Waals surface area contributed by atoms with E-state index in [1.165, 1.54) is 6.08 Å². The van der Waals surface area contributed by atoms with Crippen LogP contribution >= 0.6 is 15.9 Å². The topological polar surface area (TPSA) is 42.2 Å². The Morgan fingerprint density at radius 1 is 1.22 bits per heavy atom. The summed E-state index contributed by atoms with van der Waals surface area (Å²) in [7, 11) is 0. The highest BCUT2D eigenvalue weighted by Gasteiger charge is 1.98. The SMILES string of the molecule is Cc1ccc(C=CC(=O)Nc2ccc(Br)cc2)o1. The van der Waals surface area contributed by atoms with E-state index in [4.69, 9.17) is 4.42 Å². The van der Waals surface area contributed by atoms with Crippen molar-refractivity contribution in [1.29, 1.82) is 0 Å². The van der Waals surface area contributed by atoms with E-state index in [-0.39, 0.29) is 5.91 Å². The van der Waals surface area contributed by atoms with Crippen molar-refractivity contribution in [3.8, 4) is 0 Å². The molecule has 0 aliphatic carbocycles. The van der Waals surface area contributed by atoms with Crippen LogP contribution in [0, 0.1) is 6.92 Å². The zero-order valence-corrected chi connectivity index (χ0v) is 11.4. The van der Waals surface area contributed by atoms with E-state index in [0.717, 1.165) is 15.9 Å². The summed E-state index contributed by atoms with van der Waals surface area (Å²) >= 11 is 3.34. The Morgan fingerprint density at radius 3 is 2.56 bits per heavy atom. The molecule has 0 fully saturated rings. The predicted octanol–water partition coefficient (Wildman–Crippen LogP) is 4.00. The normalized spacial score (nSPS) is 10.8. The first-order chi connectivity index (χ1) is 8.63. The fourth-order valence-electron chi connectivity index (χ4n) is 1.42. The van der Waals surface area contributed by atoms with Gasteiger partial charge in [0.2, 0.25) is 5.91 Å². The molecule has 0 atom stereocenters. The summed E-state index contributed by atoms with van der Waals surface area (Å²) in [6.45, 7) is 1.86. The summed E-state index contributed by atoms with van der Waals surface area (Å²) in [5, 5.41) is 2.76. The van der Waals surface area contributed by atoms with Gasteiger partial charge in [-0.25, -0.2) is 0 Å². The average molecular weight is 306 g/mol. The van der Waals surface area contributed by atoms with E-state index < -0.39 is 0 Å².